The molecular weight excluding hydrogens is 540 g/mol. The summed E-state index contributed by atoms with van der Waals surface area (Å²) in [4.78, 5) is 12.7. The van der Waals surface area contributed by atoms with Crippen LogP contribution in [0, 0.1) is 0 Å². The molecule has 1 fully saturated rings. The maximum absolute atomic E-state index is 12.7. The van der Waals surface area contributed by atoms with Crippen molar-refractivity contribution in [3.8, 4) is 11.5 Å². The van der Waals surface area contributed by atoms with Crippen LogP contribution >= 0.6 is 0 Å². The summed E-state index contributed by atoms with van der Waals surface area (Å²) in [6.07, 6.45) is 15.4. The van der Waals surface area contributed by atoms with Gasteiger partial charge in [0.15, 0.2) is 11.5 Å². The number of aliphatic hydroxyl groups excluding tert-OH is 4. The number of ether oxygens (including phenoxy) is 3. The molecule has 0 saturated carbocycles. The van der Waals surface area contributed by atoms with E-state index in [9.17, 15) is 30.3 Å². The molecule has 1 aromatic carbocycles. The second-order valence-corrected chi connectivity index (χ2v) is 11.6. The first-order valence-electron chi connectivity index (χ1n) is 16.4. The molecule has 0 aliphatic carbocycles. The van der Waals surface area contributed by atoms with Crippen LogP contribution in [0.3, 0.4) is 0 Å². The van der Waals surface area contributed by atoms with Gasteiger partial charge in [-0.05, 0) is 18.6 Å². The lowest BCUT2D eigenvalue weighted by molar-refractivity contribution is -0.277. The van der Waals surface area contributed by atoms with Crippen LogP contribution in [0.5, 0.6) is 11.5 Å². The molecule has 9 heteroatoms. The van der Waals surface area contributed by atoms with E-state index in [4.69, 9.17) is 14.2 Å². The quantitative estimate of drug-likeness (QED) is 0.0785. The van der Waals surface area contributed by atoms with Crippen molar-refractivity contribution in [3.05, 3.63) is 23.8 Å². The van der Waals surface area contributed by atoms with E-state index in [0.717, 1.165) is 19.3 Å². The number of esters is 1. The molecule has 0 radical (unpaired) electrons. The van der Waals surface area contributed by atoms with E-state index in [1.165, 1.54) is 115 Å². The Morgan fingerprint density at radius 2 is 1.24 bits per heavy atom. The number of hydrogen-bond acceptors (Lipinski definition) is 9. The van der Waals surface area contributed by atoms with Crippen LogP contribution in [0.25, 0.3) is 0 Å². The summed E-state index contributed by atoms with van der Waals surface area (Å²) in [5, 5.41) is 49.9. The average molecular weight is 597 g/mol. The molecule has 0 spiro atoms. The smallest absolute Gasteiger partial charge is 0.342 e. The highest BCUT2D eigenvalue weighted by Crippen LogP contribution is 2.34. The molecule has 1 saturated heterocycles. The summed E-state index contributed by atoms with van der Waals surface area (Å²) in [6, 6.07) is 4.17. The van der Waals surface area contributed by atoms with Crippen LogP contribution in [0.15, 0.2) is 18.2 Å². The molecule has 1 aliphatic rings. The van der Waals surface area contributed by atoms with E-state index >= 15 is 0 Å². The number of rotatable bonds is 23. The summed E-state index contributed by atoms with van der Waals surface area (Å²) in [7, 11) is 0. The Morgan fingerprint density at radius 1 is 0.738 bits per heavy atom. The van der Waals surface area contributed by atoms with Crippen molar-refractivity contribution < 1.29 is 44.5 Å². The number of benzene rings is 1. The predicted octanol–water partition coefficient (Wildman–Crippen LogP) is 5.77. The number of unbranched alkanes of at least 4 members (excludes halogenated alkanes) is 17. The van der Waals surface area contributed by atoms with Crippen LogP contribution < -0.4 is 4.74 Å². The highest BCUT2D eigenvalue weighted by molar-refractivity contribution is 5.93. The van der Waals surface area contributed by atoms with Crippen LogP contribution in [-0.2, 0) is 9.47 Å². The molecule has 1 aromatic rings. The van der Waals surface area contributed by atoms with Gasteiger partial charge < -0.3 is 39.7 Å². The third kappa shape index (κ3) is 13.2. The monoisotopic (exact) mass is 596 g/mol. The number of phenolic OH excluding ortho intramolecular Hbond substituents is 1. The molecule has 9 nitrogen and oxygen atoms in total. The van der Waals surface area contributed by atoms with E-state index < -0.39 is 43.3 Å². The number of phenols is 1. The standard InChI is InChI=1S/C33H56O9/c1-2-3-4-5-6-7-8-9-10-11-12-13-14-15-16-17-18-19-23-40-32(39)25-21-20-22-26(35)31(25)42-33-30(38)29(37)28(36)27(24-34)41-33/h20-22,27-30,33-38H,2-19,23-24H2,1H3/t27-,28-,29+,30-,33+/m1/s1. The minimum absolute atomic E-state index is 0.0608. The van der Waals surface area contributed by atoms with Crippen molar-refractivity contribution in [1.82, 2.24) is 0 Å². The Balaban J connectivity index is 1.55. The molecule has 42 heavy (non-hydrogen) atoms. The van der Waals surface area contributed by atoms with E-state index in [0.29, 0.717) is 0 Å². The van der Waals surface area contributed by atoms with Crippen molar-refractivity contribution in [2.75, 3.05) is 13.2 Å². The van der Waals surface area contributed by atoms with E-state index in [1.54, 1.807) is 0 Å². The first kappa shape index (κ1) is 36.3. The van der Waals surface area contributed by atoms with Gasteiger partial charge in [0.1, 0.15) is 30.0 Å². The van der Waals surface area contributed by atoms with Gasteiger partial charge >= 0.3 is 5.97 Å². The number of aliphatic hydroxyl groups is 4. The summed E-state index contributed by atoms with van der Waals surface area (Å²) < 4.78 is 16.3. The van der Waals surface area contributed by atoms with Crippen molar-refractivity contribution in [3.63, 3.8) is 0 Å². The molecule has 5 N–H and O–H groups in total. The van der Waals surface area contributed by atoms with Gasteiger partial charge in [0.05, 0.1) is 13.2 Å². The second-order valence-electron chi connectivity index (χ2n) is 11.6. The molecular formula is C33H56O9. The lowest BCUT2D eigenvalue weighted by Gasteiger charge is -2.39. The van der Waals surface area contributed by atoms with Crippen LogP contribution in [0.2, 0.25) is 0 Å². The molecule has 5 atom stereocenters. The third-order valence-electron chi connectivity index (χ3n) is 8.03. The summed E-state index contributed by atoms with van der Waals surface area (Å²) >= 11 is 0. The zero-order valence-electron chi connectivity index (χ0n) is 25.6. The number of aromatic hydroxyl groups is 1. The Morgan fingerprint density at radius 3 is 1.74 bits per heavy atom. The highest BCUT2D eigenvalue weighted by atomic mass is 16.7. The van der Waals surface area contributed by atoms with Crippen molar-refractivity contribution in [2.45, 2.75) is 153 Å². The second kappa shape index (κ2) is 21.7. The van der Waals surface area contributed by atoms with Crippen molar-refractivity contribution in [1.29, 1.82) is 0 Å². The van der Waals surface area contributed by atoms with Gasteiger partial charge in [-0.1, -0.05) is 122 Å². The maximum Gasteiger partial charge on any atom is 0.342 e. The summed E-state index contributed by atoms with van der Waals surface area (Å²) in [6.45, 7) is 1.87. The van der Waals surface area contributed by atoms with Crippen molar-refractivity contribution >= 4 is 5.97 Å². The average Bonchev–Trinajstić information content (AvgIpc) is 2.99. The third-order valence-corrected chi connectivity index (χ3v) is 8.03. The van der Waals surface area contributed by atoms with Gasteiger partial charge in [-0.2, -0.15) is 0 Å². The Labute approximate surface area is 252 Å². The van der Waals surface area contributed by atoms with Crippen molar-refractivity contribution in [2.24, 2.45) is 0 Å². The van der Waals surface area contributed by atoms with Gasteiger partial charge in [0.25, 0.3) is 0 Å². The zero-order valence-corrected chi connectivity index (χ0v) is 25.6. The largest absolute Gasteiger partial charge is 0.504 e. The Hall–Kier alpha value is -1.91. The van der Waals surface area contributed by atoms with Gasteiger partial charge in [-0.3, -0.25) is 0 Å². The predicted molar refractivity (Wildman–Crippen MR) is 162 cm³/mol. The van der Waals surface area contributed by atoms with Crippen LogP contribution in [-0.4, -0.2) is 75.4 Å². The molecule has 0 aromatic heterocycles. The molecule has 0 bridgehead atoms. The highest BCUT2D eigenvalue weighted by Gasteiger charge is 2.45. The number of para-hydroxylation sites is 1. The first-order chi connectivity index (χ1) is 20.4. The SMILES string of the molecule is CCCCCCCCCCCCCCCCCCCCOC(=O)c1cccc(O)c1O[C@@H]1O[C@H](CO)[C@@H](O)[C@H](O)[C@H]1O. The molecule has 1 aliphatic heterocycles. The van der Waals surface area contributed by atoms with Gasteiger partial charge in [-0.25, -0.2) is 4.79 Å². The first-order valence-corrected chi connectivity index (χ1v) is 16.4. The fourth-order valence-corrected chi connectivity index (χ4v) is 5.34. The molecule has 0 amide bonds. The number of carbonyl (C=O) groups excluding carboxylic acids is 1. The van der Waals surface area contributed by atoms with Crippen LogP contribution in [0.1, 0.15) is 133 Å². The van der Waals surface area contributed by atoms with Crippen LogP contribution in [0.4, 0.5) is 0 Å². The van der Waals surface area contributed by atoms with Gasteiger partial charge in [0.2, 0.25) is 6.29 Å². The fourth-order valence-electron chi connectivity index (χ4n) is 5.34. The molecule has 0 unspecified atom stereocenters. The number of carbonyl (C=O) groups is 1. The van der Waals surface area contributed by atoms with E-state index in [1.807, 2.05) is 0 Å². The van der Waals surface area contributed by atoms with E-state index in [-0.39, 0.29) is 23.7 Å². The normalized spacial score (nSPS) is 22.3. The molecule has 2 rings (SSSR count). The lowest BCUT2D eigenvalue weighted by atomic mass is 9.99. The summed E-state index contributed by atoms with van der Waals surface area (Å²) in [5.74, 6) is -1.35. The molecule has 1 heterocycles. The molecule has 242 valence electrons. The topological polar surface area (TPSA) is 146 Å². The maximum atomic E-state index is 12.7. The van der Waals surface area contributed by atoms with E-state index in [2.05, 4.69) is 6.92 Å². The van der Waals surface area contributed by atoms with Gasteiger partial charge in [-0.15, -0.1) is 0 Å². The Bertz CT molecular complexity index is 847. The lowest BCUT2D eigenvalue weighted by Crippen LogP contribution is -2.60. The zero-order chi connectivity index (χ0) is 30.6. The summed E-state index contributed by atoms with van der Waals surface area (Å²) in [5.41, 5.74) is -0.0608. The Kier molecular flexibility index (Phi) is 18.8. The minimum atomic E-state index is -1.68. The fraction of sp³-hybridized carbons (Fsp3) is 0.788. The minimum Gasteiger partial charge on any atom is -0.504 e. The van der Waals surface area contributed by atoms with Gasteiger partial charge in [0, 0.05) is 0 Å². The number of hydrogen-bond donors (Lipinski definition) is 5.